The van der Waals surface area contributed by atoms with Gasteiger partial charge in [0.05, 0.1) is 22.1 Å². The second-order valence-electron chi connectivity index (χ2n) is 11.3. The van der Waals surface area contributed by atoms with Crippen molar-refractivity contribution in [2.24, 2.45) is 28.6 Å². The van der Waals surface area contributed by atoms with Crippen molar-refractivity contribution in [3.05, 3.63) is 48.1 Å². The lowest BCUT2D eigenvalue weighted by molar-refractivity contribution is -0.174. The van der Waals surface area contributed by atoms with Gasteiger partial charge < -0.3 is 10.2 Å². The average Bonchev–Trinajstić information content (AvgIpc) is 3.36. The van der Waals surface area contributed by atoms with Gasteiger partial charge in [-0.1, -0.05) is 49.4 Å². The molecule has 7 heteroatoms. The minimum absolute atomic E-state index is 0.000462. The van der Waals surface area contributed by atoms with Gasteiger partial charge in [0.1, 0.15) is 5.60 Å². The predicted octanol–water partition coefficient (Wildman–Crippen LogP) is 4.97. The van der Waals surface area contributed by atoms with Gasteiger partial charge in [0.15, 0.2) is 15.9 Å². The van der Waals surface area contributed by atoms with Crippen molar-refractivity contribution in [1.29, 1.82) is 0 Å². The van der Waals surface area contributed by atoms with Crippen LogP contribution in [-0.2, 0) is 9.59 Å². The number of fused-ring (bicyclic) bond motifs is 6. The van der Waals surface area contributed by atoms with Gasteiger partial charge in [-0.25, -0.2) is 4.98 Å². The van der Waals surface area contributed by atoms with E-state index in [0.717, 1.165) is 39.4 Å². The molecule has 0 aliphatic heterocycles. The van der Waals surface area contributed by atoms with E-state index >= 15 is 0 Å². The molecule has 1 aromatic carbocycles. The van der Waals surface area contributed by atoms with Crippen molar-refractivity contribution in [2.75, 3.05) is 5.75 Å². The molecule has 1 aromatic heterocycles. The highest BCUT2D eigenvalue weighted by Gasteiger charge is 2.67. The number of nitrogens with zero attached hydrogens (tertiary/aromatic N) is 1. The van der Waals surface area contributed by atoms with Crippen LogP contribution in [0.2, 0.25) is 0 Å². The maximum Gasteiger partial charge on any atom is 0.178 e. The monoisotopic (exact) mass is 509 g/mol. The molecule has 0 bridgehead atoms. The number of carbonyl (C=O) groups excluding carboxylic acids is 2. The molecule has 3 fully saturated rings. The van der Waals surface area contributed by atoms with Crippen LogP contribution in [-0.4, -0.2) is 44.2 Å². The molecule has 6 rings (SSSR count). The highest BCUT2D eigenvalue weighted by Crippen LogP contribution is 2.67. The highest BCUT2D eigenvalue weighted by molar-refractivity contribution is 8.01. The Bertz CT molecular complexity index is 1250. The van der Waals surface area contributed by atoms with Crippen LogP contribution in [0.5, 0.6) is 0 Å². The lowest BCUT2D eigenvalue weighted by Crippen LogP contribution is -2.61. The third kappa shape index (κ3) is 3.38. The SMILES string of the molecule is C[C@]12C=CC(=O)C=C1CC[C@@H]1[C@@H]2[C@@H](O)C[C@@]2(C)[C@H]1CC[C@]2(O)C(=O)CSc1nc2ccccc2s1. The average molecular weight is 510 g/mol. The minimum atomic E-state index is -1.44. The summed E-state index contributed by atoms with van der Waals surface area (Å²) >= 11 is 2.97. The molecule has 4 aliphatic carbocycles. The Kier molecular flexibility index (Phi) is 5.46. The van der Waals surface area contributed by atoms with Crippen LogP contribution in [0, 0.1) is 28.6 Å². The zero-order chi connectivity index (χ0) is 24.6. The van der Waals surface area contributed by atoms with E-state index in [2.05, 4.69) is 11.9 Å². The Labute approximate surface area is 213 Å². The fraction of sp³-hybridized carbons (Fsp3) is 0.536. The van der Waals surface area contributed by atoms with E-state index in [1.54, 1.807) is 23.5 Å². The highest BCUT2D eigenvalue weighted by atomic mass is 32.2. The largest absolute Gasteiger partial charge is 0.393 e. The summed E-state index contributed by atoms with van der Waals surface area (Å²) in [4.78, 5) is 30.2. The molecule has 5 nitrogen and oxygen atoms in total. The summed E-state index contributed by atoms with van der Waals surface area (Å²) in [5.74, 6) is 0.433. The third-order valence-corrected chi connectivity index (χ3v) is 11.9. The first-order valence-corrected chi connectivity index (χ1v) is 14.3. The van der Waals surface area contributed by atoms with Crippen LogP contribution in [0.15, 0.2) is 52.4 Å². The van der Waals surface area contributed by atoms with Crippen molar-refractivity contribution in [1.82, 2.24) is 4.98 Å². The Morgan fingerprint density at radius 3 is 2.86 bits per heavy atom. The zero-order valence-electron chi connectivity index (χ0n) is 20.1. The minimum Gasteiger partial charge on any atom is -0.393 e. The Morgan fingerprint density at radius 2 is 2.06 bits per heavy atom. The number of hydrogen-bond acceptors (Lipinski definition) is 7. The quantitative estimate of drug-likeness (QED) is 0.566. The van der Waals surface area contributed by atoms with Crippen LogP contribution >= 0.6 is 23.1 Å². The first-order valence-electron chi connectivity index (χ1n) is 12.5. The fourth-order valence-corrected chi connectivity index (χ4v) is 9.98. The van der Waals surface area contributed by atoms with Gasteiger partial charge in [-0.3, -0.25) is 9.59 Å². The molecule has 0 radical (unpaired) electrons. The summed E-state index contributed by atoms with van der Waals surface area (Å²) < 4.78 is 1.93. The van der Waals surface area contributed by atoms with Gasteiger partial charge in [0, 0.05) is 16.7 Å². The van der Waals surface area contributed by atoms with Gasteiger partial charge in [-0.05, 0) is 68.2 Å². The summed E-state index contributed by atoms with van der Waals surface area (Å²) in [5, 5.41) is 23.4. The first-order chi connectivity index (χ1) is 16.7. The van der Waals surface area contributed by atoms with Crippen molar-refractivity contribution >= 4 is 44.9 Å². The molecule has 35 heavy (non-hydrogen) atoms. The van der Waals surface area contributed by atoms with Crippen molar-refractivity contribution < 1.29 is 19.8 Å². The third-order valence-electron chi connectivity index (χ3n) is 9.71. The van der Waals surface area contributed by atoms with Gasteiger partial charge in [-0.15, -0.1) is 11.3 Å². The van der Waals surface area contributed by atoms with Crippen molar-refractivity contribution in [3.63, 3.8) is 0 Å². The molecule has 2 N–H and O–H groups in total. The Hall–Kier alpha value is -1.80. The molecule has 4 aliphatic rings. The van der Waals surface area contributed by atoms with Crippen LogP contribution in [0.25, 0.3) is 10.2 Å². The molecule has 7 atom stereocenters. The maximum atomic E-state index is 13.6. The van der Waals surface area contributed by atoms with E-state index in [1.807, 2.05) is 37.3 Å². The van der Waals surface area contributed by atoms with Gasteiger partial charge >= 0.3 is 0 Å². The molecule has 0 saturated heterocycles. The fourth-order valence-electron chi connectivity index (χ4n) is 7.95. The van der Waals surface area contributed by atoms with Crippen LogP contribution in [0.1, 0.15) is 46.0 Å². The molecule has 0 spiro atoms. The topological polar surface area (TPSA) is 87.5 Å². The number of Topliss-reactive ketones (excluding diaryl/α,β-unsaturated/α-hetero) is 1. The molecule has 2 aromatic rings. The van der Waals surface area contributed by atoms with E-state index in [0.29, 0.717) is 12.8 Å². The van der Waals surface area contributed by atoms with Gasteiger partial charge in [0.25, 0.3) is 0 Å². The molecule has 0 amide bonds. The summed E-state index contributed by atoms with van der Waals surface area (Å²) in [6.07, 6.45) is 8.09. The lowest BCUT2D eigenvalue weighted by atomic mass is 9.46. The van der Waals surface area contributed by atoms with Crippen LogP contribution in [0.4, 0.5) is 0 Å². The Balaban J connectivity index is 1.25. The Morgan fingerprint density at radius 1 is 1.26 bits per heavy atom. The smallest absolute Gasteiger partial charge is 0.178 e. The van der Waals surface area contributed by atoms with Crippen molar-refractivity contribution in [3.8, 4) is 0 Å². The summed E-state index contributed by atoms with van der Waals surface area (Å²) in [6, 6.07) is 7.93. The van der Waals surface area contributed by atoms with Gasteiger partial charge in [0.2, 0.25) is 0 Å². The standard InChI is InChI=1S/C28H31NO4S2/c1-26-11-9-17(30)13-16(26)7-8-18-19-10-12-28(33,27(19,2)14-21(31)24(18)26)23(32)15-34-25-29-20-5-3-4-6-22(20)35-25/h3-6,9,11,13,18-19,21,24,31,33H,7-8,10,12,14-15H2,1-2H3/t18-,19-,21-,24+,26-,27-,28-/m0/s1. The van der Waals surface area contributed by atoms with E-state index in [4.69, 9.17) is 0 Å². The second kappa shape index (κ2) is 8.10. The molecule has 0 unspecified atom stereocenters. The number of thioether (sulfide) groups is 1. The van der Waals surface area contributed by atoms with Crippen LogP contribution in [0.3, 0.4) is 0 Å². The van der Waals surface area contributed by atoms with E-state index in [9.17, 15) is 19.8 Å². The lowest BCUT2D eigenvalue weighted by Gasteiger charge is -2.59. The number of thiazole rings is 1. The van der Waals surface area contributed by atoms with E-state index < -0.39 is 17.1 Å². The summed E-state index contributed by atoms with van der Waals surface area (Å²) in [7, 11) is 0. The van der Waals surface area contributed by atoms with Gasteiger partial charge in [-0.2, -0.15) is 0 Å². The molecule has 184 valence electrons. The number of para-hydroxylation sites is 1. The van der Waals surface area contributed by atoms with Crippen LogP contribution < -0.4 is 0 Å². The number of aliphatic hydroxyl groups excluding tert-OH is 1. The normalized spacial score (nSPS) is 40.2. The zero-order valence-corrected chi connectivity index (χ0v) is 21.7. The summed E-state index contributed by atoms with van der Waals surface area (Å²) in [6.45, 7) is 4.17. The van der Waals surface area contributed by atoms with E-state index in [-0.39, 0.29) is 40.5 Å². The number of ketones is 2. The molecular formula is C28H31NO4S2. The van der Waals surface area contributed by atoms with Crippen molar-refractivity contribution in [2.45, 2.75) is 62.0 Å². The maximum absolute atomic E-state index is 13.6. The number of rotatable bonds is 4. The molecular weight excluding hydrogens is 478 g/mol. The molecule has 1 heterocycles. The number of hydrogen-bond donors (Lipinski definition) is 2. The number of aromatic nitrogens is 1. The number of aliphatic hydroxyl groups is 2. The summed E-state index contributed by atoms with van der Waals surface area (Å²) in [5.41, 5.74) is -0.401. The second-order valence-corrected chi connectivity index (χ2v) is 13.5. The number of benzene rings is 1. The predicted molar refractivity (Wildman–Crippen MR) is 138 cm³/mol. The first kappa shape index (κ1) is 23.6. The number of allylic oxidation sites excluding steroid dienone is 4. The van der Waals surface area contributed by atoms with E-state index in [1.165, 1.54) is 11.8 Å². The molecule has 3 saturated carbocycles. The number of carbonyl (C=O) groups is 2.